The number of nitrogens with zero attached hydrogens (tertiary/aromatic N) is 1. The van der Waals surface area contributed by atoms with Gasteiger partial charge in [0.25, 0.3) is 0 Å². The van der Waals surface area contributed by atoms with Crippen LogP contribution in [0, 0.1) is 0 Å². The first-order valence-corrected chi connectivity index (χ1v) is 5.66. The Balaban J connectivity index is 2.23. The molecule has 1 saturated heterocycles. The van der Waals surface area contributed by atoms with Gasteiger partial charge in [-0.2, -0.15) is 0 Å². The average molecular weight is 272 g/mol. The number of hydrogen-bond donors (Lipinski definition) is 4. The first kappa shape index (κ1) is 14.9. The van der Waals surface area contributed by atoms with E-state index in [4.69, 9.17) is 5.73 Å². The summed E-state index contributed by atoms with van der Waals surface area (Å²) in [5.41, 5.74) is 4.83. The van der Waals surface area contributed by atoms with E-state index in [1.54, 1.807) is 0 Å². The van der Waals surface area contributed by atoms with Crippen LogP contribution in [0.2, 0.25) is 0 Å². The highest BCUT2D eigenvalue weighted by molar-refractivity contribution is 5.90. The number of likely N-dealkylation sites (tertiary alicyclic amines) is 1. The van der Waals surface area contributed by atoms with Crippen molar-refractivity contribution in [2.24, 2.45) is 5.73 Å². The van der Waals surface area contributed by atoms with Gasteiger partial charge in [0.1, 0.15) is 0 Å². The maximum absolute atomic E-state index is 11.4. The van der Waals surface area contributed by atoms with Crippen molar-refractivity contribution in [3.8, 4) is 0 Å². The van der Waals surface area contributed by atoms with E-state index in [9.17, 15) is 24.3 Å². The summed E-state index contributed by atoms with van der Waals surface area (Å²) >= 11 is 0. The Kier molecular flexibility index (Phi) is 5.24. The number of aliphatic hydroxyl groups is 1. The number of primary amides is 1. The van der Waals surface area contributed by atoms with Gasteiger partial charge >= 0.3 is 0 Å². The number of carbonyl (C=O) groups is 4. The largest absolute Gasteiger partial charge is 0.391 e. The minimum atomic E-state index is -0.751. The Morgan fingerprint density at radius 1 is 1.26 bits per heavy atom. The van der Waals surface area contributed by atoms with Crippen LogP contribution < -0.4 is 16.4 Å². The summed E-state index contributed by atoms with van der Waals surface area (Å²) in [4.78, 5) is 45.5. The topological polar surface area (TPSA) is 142 Å². The molecule has 5 N–H and O–H groups in total. The molecule has 19 heavy (non-hydrogen) atoms. The number of aliphatic hydroxyl groups excluding tert-OH is 1. The first-order valence-electron chi connectivity index (χ1n) is 5.66. The molecule has 106 valence electrons. The van der Waals surface area contributed by atoms with Gasteiger partial charge in [-0.15, -0.1) is 0 Å². The summed E-state index contributed by atoms with van der Waals surface area (Å²) < 4.78 is 0. The zero-order valence-corrected chi connectivity index (χ0v) is 10.2. The van der Waals surface area contributed by atoms with E-state index in [-0.39, 0.29) is 38.5 Å². The SMILES string of the molecule is NC(=O)CNC(=O)CNC(=O)CN1CC(O)CC1=O. The highest BCUT2D eigenvalue weighted by atomic mass is 16.3. The molecule has 9 heteroatoms. The molecule has 1 heterocycles. The van der Waals surface area contributed by atoms with Gasteiger partial charge in [-0.25, -0.2) is 0 Å². The molecule has 0 aliphatic carbocycles. The molecular formula is C10H16N4O5. The molecule has 1 rings (SSSR count). The Morgan fingerprint density at radius 2 is 1.89 bits per heavy atom. The van der Waals surface area contributed by atoms with Crippen LogP contribution in [0.25, 0.3) is 0 Å². The van der Waals surface area contributed by atoms with Gasteiger partial charge < -0.3 is 26.4 Å². The van der Waals surface area contributed by atoms with Crippen LogP contribution in [0.5, 0.6) is 0 Å². The molecule has 0 spiro atoms. The molecule has 4 amide bonds. The maximum Gasteiger partial charge on any atom is 0.240 e. The lowest BCUT2D eigenvalue weighted by atomic mass is 10.3. The van der Waals surface area contributed by atoms with Crippen molar-refractivity contribution in [2.45, 2.75) is 12.5 Å². The molecule has 0 aromatic heterocycles. The van der Waals surface area contributed by atoms with Gasteiger partial charge in [-0.3, -0.25) is 19.2 Å². The molecule has 9 nitrogen and oxygen atoms in total. The van der Waals surface area contributed by atoms with Crippen LogP contribution in [0.1, 0.15) is 6.42 Å². The minimum absolute atomic E-state index is 0.00633. The number of nitrogens with two attached hydrogens (primary N) is 1. The van der Waals surface area contributed by atoms with Crippen molar-refractivity contribution in [3.63, 3.8) is 0 Å². The number of nitrogens with one attached hydrogen (secondary N) is 2. The lowest BCUT2D eigenvalue weighted by Crippen LogP contribution is -2.44. The van der Waals surface area contributed by atoms with Crippen molar-refractivity contribution in [2.75, 3.05) is 26.2 Å². The summed E-state index contributed by atoms with van der Waals surface area (Å²) in [6.45, 7) is -0.707. The van der Waals surface area contributed by atoms with Gasteiger partial charge in [-0.05, 0) is 0 Å². The van der Waals surface area contributed by atoms with Crippen LogP contribution >= 0.6 is 0 Å². The maximum atomic E-state index is 11.4. The van der Waals surface area contributed by atoms with E-state index in [1.807, 2.05) is 0 Å². The number of carbonyl (C=O) groups excluding carboxylic acids is 4. The quantitative estimate of drug-likeness (QED) is 0.393. The molecule has 0 aromatic rings. The Hall–Kier alpha value is -2.16. The lowest BCUT2D eigenvalue weighted by Gasteiger charge is -2.15. The van der Waals surface area contributed by atoms with E-state index in [2.05, 4.69) is 10.6 Å². The third-order valence-electron chi connectivity index (χ3n) is 2.43. The van der Waals surface area contributed by atoms with Crippen molar-refractivity contribution in [3.05, 3.63) is 0 Å². The Morgan fingerprint density at radius 3 is 2.42 bits per heavy atom. The predicted molar refractivity (Wildman–Crippen MR) is 62.4 cm³/mol. The molecule has 0 radical (unpaired) electrons. The van der Waals surface area contributed by atoms with Crippen molar-refractivity contribution < 1.29 is 24.3 Å². The van der Waals surface area contributed by atoms with Crippen LogP contribution in [0.3, 0.4) is 0 Å². The van der Waals surface area contributed by atoms with Gasteiger partial charge in [0.05, 0.1) is 32.2 Å². The number of hydrogen-bond acceptors (Lipinski definition) is 5. The number of rotatable bonds is 6. The molecular weight excluding hydrogens is 256 g/mol. The summed E-state index contributed by atoms with van der Waals surface area (Å²) in [7, 11) is 0. The second-order valence-electron chi connectivity index (χ2n) is 4.15. The van der Waals surface area contributed by atoms with E-state index < -0.39 is 23.8 Å². The molecule has 0 bridgehead atoms. The normalized spacial score (nSPS) is 18.3. The second kappa shape index (κ2) is 6.69. The second-order valence-corrected chi connectivity index (χ2v) is 4.15. The fraction of sp³-hybridized carbons (Fsp3) is 0.600. The fourth-order valence-corrected chi connectivity index (χ4v) is 1.56. The highest BCUT2D eigenvalue weighted by Crippen LogP contribution is 2.09. The Bertz CT molecular complexity index is 397. The van der Waals surface area contributed by atoms with Gasteiger partial charge in [-0.1, -0.05) is 0 Å². The minimum Gasteiger partial charge on any atom is -0.391 e. The van der Waals surface area contributed by atoms with E-state index >= 15 is 0 Å². The highest BCUT2D eigenvalue weighted by Gasteiger charge is 2.29. The molecule has 1 unspecified atom stereocenters. The summed E-state index contributed by atoms with van der Waals surface area (Å²) in [5.74, 6) is -2.06. The number of β-amino-alcohol motifs (C(OH)–C–C–N with tert-alkyl or cyclic N) is 1. The smallest absolute Gasteiger partial charge is 0.240 e. The standard InChI is InChI=1S/C10H16N4O5/c11-7(16)2-12-8(17)3-13-9(18)5-14-4-6(15)1-10(14)19/h6,15H,1-5H2,(H2,11,16)(H,12,17)(H,13,18). The zero-order valence-electron chi connectivity index (χ0n) is 10.2. The molecule has 1 aliphatic heterocycles. The predicted octanol–water partition coefficient (Wildman–Crippen LogP) is -3.70. The van der Waals surface area contributed by atoms with Crippen molar-refractivity contribution in [1.82, 2.24) is 15.5 Å². The average Bonchev–Trinajstić information content (AvgIpc) is 2.62. The van der Waals surface area contributed by atoms with Gasteiger partial charge in [0.2, 0.25) is 23.6 Å². The first-order chi connectivity index (χ1) is 8.88. The molecule has 1 atom stereocenters. The van der Waals surface area contributed by atoms with Crippen molar-refractivity contribution in [1.29, 1.82) is 0 Å². The summed E-state index contributed by atoms with van der Waals surface area (Å²) in [5, 5.41) is 13.7. The Labute approximate surface area is 109 Å². The van der Waals surface area contributed by atoms with Crippen LogP contribution in [-0.2, 0) is 19.2 Å². The monoisotopic (exact) mass is 272 g/mol. The molecule has 0 saturated carbocycles. The molecule has 1 aliphatic rings. The van der Waals surface area contributed by atoms with E-state index in [0.717, 1.165) is 0 Å². The van der Waals surface area contributed by atoms with Crippen molar-refractivity contribution >= 4 is 23.6 Å². The van der Waals surface area contributed by atoms with Gasteiger partial charge in [0.15, 0.2) is 0 Å². The van der Waals surface area contributed by atoms with E-state index in [0.29, 0.717) is 0 Å². The number of amides is 4. The molecule has 0 aromatic carbocycles. The summed E-state index contributed by atoms with van der Waals surface area (Å²) in [6.07, 6.45) is -0.744. The lowest BCUT2D eigenvalue weighted by molar-refractivity contribution is -0.133. The third-order valence-corrected chi connectivity index (χ3v) is 2.43. The van der Waals surface area contributed by atoms with Crippen LogP contribution in [0.15, 0.2) is 0 Å². The zero-order chi connectivity index (χ0) is 14.4. The van der Waals surface area contributed by atoms with Crippen LogP contribution in [-0.4, -0.2) is 65.9 Å². The fourth-order valence-electron chi connectivity index (χ4n) is 1.56. The summed E-state index contributed by atoms with van der Waals surface area (Å²) in [6, 6.07) is 0. The molecule has 1 fully saturated rings. The third kappa shape index (κ3) is 5.34. The van der Waals surface area contributed by atoms with Gasteiger partial charge in [0, 0.05) is 6.54 Å². The van der Waals surface area contributed by atoms with Crippen LogP contribution in [0.4, 0.5) is 0 Å². The van der Waals surface area contributed by atoms with E-state index in [1.165, 1.54) is 4.90 Å².